The van der Waals surface area contributed by atoms with E-state index in [1.165, 1.54) is 12.1 Å². The smallest absolute Gasteiger partial charge is 0.366 e. The molecule has 1 aromatic carbocycles. The Kier molecular flexibility index (Phi) is 4.56. The van der Waals surface area contributed by atoms with Crippen molar-refractivity contribution < 1.29 is 13.9 Å². The van der Waals surface area contributed by atoms with E-state index in [0.29, 0.717) is 11.7 Å². The van der Waals surface area contributed by atoms with Crippen LogP contribution in [0.3, 0.4) is 0 Å². The number of ether oxygens (including phenoxy) is 1. The molecule has 3 heterocycles. The van der Waals surface area contributed by atoms with Gasteiger partial charge in [-0.05, 0) is 62.1 Å². The van der Waals surface area contributed by atoms with Crippen molar-refractivity contribution >= 4 is 23.3 Å². The number of fused-ring (bicyclic) bond motifs is 1. The third kappa shape index (κ3) is 3.46. The Labute approximate surface area is 162 Å². The van der Waals surface area contributed by atoms with E-state index in [1.54, 1.807) is 24.5 Å². The second kappa shape index (κ2) is 6.92. The third-order valence-electron chi connectivity index (χ3n) is 4.51. The van der Waals surface area contributed by atoms with Crippen molar-refractivity contribution in [1.82, 2.24) is 15.2 Å². The van der Waals surface area contributed by atoms with Gasteiger partial charge in [0, 0.05) is 23.5 Å². The highest BCUT2D eigenvalue weighted by Crippen LogP contribution is 2.37. The first-order chi connectivity index (χ1) is 13.3. The van der Waals surface area contributed by atoms with Crippen molar-refractivity contribution in [3.05, 3.63) is 65.7 Å². The molecule has 2 aliphatic heterocycles. The lowest BCUT2D eigenvalue weighted by atomic mass is 10.0. The molecule has 1 saturated heterocycles. The maximum atomic E-state index is 13.4. The second-order valence-corrected chi connectivity index (χ2v) is 7.67. The van der Waals surface area contributed by atoms with Crippen LogP contribution in [0.5, 0.6) is 0 Å². The first-order valence-corrected chi connectivity index (χ1v) is 9.07. The molecule has 6 nitrogen and oxygen atoms in total. The van der Waals surface area contributed by atoms with Gasteiger partial charge in [-0.15, -0.1) is 0 Å². The molecule has 1 radical (unpaired) electrons. The Morgan fingerprint density at radius 3 is 2.43 bits per heavy atom. The van der Waals surface area contributed by atoms with Crippen LogP contribution in [0.15, 0.2) is 53.8 Å². The molecule has 1 N–H and O–H groups in total. The van der Waals surface area contributed by atoms with E-state index in [2.05, 4.69) is 15.3 Å². The van der Waals surface area contributed by atoms with Crippen LogP contribution in [0.2, 0.25) is 0 Å². The van der Waals surface area contributed by atoms with Gasteiger partial charge >= 0.3 is 5.96 Å². The number of rotatable bonds is 4. The lowest BCUT2D eigenvalue weighted by Crippen LogP contribution is -2.43. The van der Waals surface area contributed by atoms with Crippen molar-refractivity contribution in [1.29, 1.82) is 0 Å². The van der Waals surface area contributed by atoms with Gasteiger partial charge in [-0.1, -0.05) is 0 Å². The van der Waals surface area contributed by atoms with Crippen molar-refractivity contribution in [2.24, 2.45) is 4.99 Å². The SMILES string of the molecule is CC(C)(C)OCC1C(=O)NC2=NC(c3ccc(F)cc3)=C(c3ccncc3)[N+]21. The fraction of sp³-hybridized carbons (Fsp3) is 0.286. The number of nitrogens with one attached hydrogen (secondary N) is 1. The predicted molar refractivity (Wildman–Crippen MR) is 105 cm³/mol. The molecule has 0 bridgehead atoms. The number of benzene rings is 1. The van der Waals surface area contributed by atoms with Crippen LogP contribution in [0, 0.1) is 5.82 Å². The summed E-state index contributed by atoms with van der Waals surface area (Å²) in [7, 11) is 0. The van der Waals surface area contributed by atoms with Crippen LogP contribution in [0.1, 0.15) is 31.9 Å². The molecule has 2 aliphatic rings. The minimum Gasteiger partial charge on any atom is -0.369 e. The fourth-order valence-corrected chi connectivity index (χ4v) is 3.21. The maximum Gasteiger partial charge on any atom is 0.366 e. The standard InChI is InChI=1S/C21H21FN4O2/c1-21(2,3)28-12-16-19(27)25-20-24-17(13-4-6-15(22)7-5-13)18(26(16)20)14-8-10-23-11-9-14/h4-11,16H,12H2,1-3H3,(H,24,25,27)/q+1. The quantitative estimate of drug-likeness (QED) is 0.830. The monoisotopic (exact) mass is 380 g/mol. The zero-order chi connectivity index (χ0) is 19.9. The van der Waals surface area contributed by atoms with E-state index in [1.807, 2.05) is 37.8 Å². The molecule has 143 valence electrons. The van der Waals surface area contributed by atoms with Gasteiger partial charge in [0.15, 0.2) is 0 Å². The van der Waals surface area contributed by atoms with Crippen LogP contribution in [0.4, 0.5) is 4.39 Å². The fourth-order valence-electron chi connectivity index (χ4n) is 3.21. The number of guanidine groups is 1. The summed E-state index contributed by atoms with van der Waals surface area (Å²) in [6.07, 6.45) is 3.38. The highest BCUT2D eigenvalue weighted by Gasteiger charge is 2.55. The molecule has 2 aromatic rings. The zero-order valence-corrected chi connectivity index (χ0v) is 15.9. The summed E-state index contributed by atoms with van der Waals surface area (Å²) in [5.41, 5.74) is 2.69. The van der Waals surface area contributed by atoms with Gasteiger partial charge in [0.05, 0.1) is 5.60 Å². The molecule has 0 saturated carbocycles. The Morgan fingerprint density at radius 1 is 1.11 bits per heavy atom. The minimum absolute atomic E-state index is 0.160. The van der Waals surface area contributed by atoms with Crippen molar-refractivity contribution in [3.63, 3.8) is 0 Å². The summed E-state index contributed by atoms with van der Waals surface area (Å²) in [6.45, 7) is 6.06. The summed E-state index contributed by atoms with van der Waals surface area (Å²) in [6, 6.07) is 9.34. The first kappa shape index (κ1) is 18.5. The number of aromatic nitrogens is 1. The van der Waals surface area contributed by atoms with Crippen molar-refractivity contribution in [2.45, 2.75) is 32.4 Å². The number of hydrogen-bond acceptors (Lipinski definition) is 5. The van der Waals surface area contributed by atoms with Gasteiger partial charge in [0.25, 0.3) is 5.91 Å². The van der Waals surface area contributed by atoms with Crippen molar-refractivity contribution in [3.8, 4) is 0 Å². The van der Waals surface area contributed by atoms with Crippen molar-refractivity contribution in [2.75, 3.05) is 6.61 Å². The number of hydrogen-bond donors (Lipinski definition) is 1. The molecule has 28 heavy (non-hydrogen) atoms. The Balaban J connectivity index is 1.79. The summed E-state index contributed by atoms with van der Waals surface area (Å²) < 4.78 is 19.3. The van der Waals surface area contributed by atoms with E-state index >= 15 is 0 Å². The molecule has 7 heteroatoms. The summed E-state index contributed by atoms with van der Waals surface area (Å²) >= 11 is 0. The van der Waals surface area contributed by atoms with Crippen LogP contribution < -0.4 is 10.2 Å². The van der Waals surface area contributed by atoms with Crippen LogP contribution >= 0.6 is 0 Å². The molecule has 1 atom stereocenters. The summed E-state index contributed by atoms with van der Waals surface area (Å²) in [5, 5.41) is 2.84. The lowest BCUT2D eigenvalue weighted by Gasteiger charge is -2.21. The molecular weight excluding hydrogens is 359 g/mol. The van der Waals surface area contributed by atoms with E-state index in [4.69, 9.17) is 4.74 Å². The van der Waals surface area contributed by atoms with Gasteiger partial charge in [0.2, 0.25) is 11.7 Å². The highest BCUT2D eigenvalue weighted by atomic mass is 19.1. The average Bonchev–Trinajstić information content (AvgIpc) is 3.15. The number of carbonyl (C=O) groups excluding carboxylic acids is 1. The van der Waals surface area contributed by atoms with E-state index in [0.717, 1.165) is 16.8 Å². The van der Waals surface area contributed by atoms with Gasteiger partial charge in [-0.3, -0.25) is 15.1 Å². The van der Waals surface area contributed by atoms with Crippen LogP contribution in [0.25, 0.3) is 11.4 Å². The number of halogens is 1. The Morgan fingerprint density at radius 2 is 1.79 bits per heavy atom. The Hall–Kier alpha value is -2.90. The predicted octanol–water partition coefficient (Wildman–Crippen LogP) is 2.87. The molecular formula is C21H21FN4O2+. The molecule has 1 amide bonds. The largest absolute Gasteiger partial charge is 0.369 e. The van der Waals surface area contributed by atoms with Crippen LogP contribution in [-0.2, 0) is 9.53 Å². The van der Waals surface area contributed by atoms with E-state index in [9.17, 15) is 9.18 Å². The average molecular weight is 380 g/mol. The summed E-state index contributed by atoms with van der Waals surface area (Å²) in [5.74, 6) is -0.0166. The number of aliphatic imine (C=N–C) groups is 1. The van der Waals surface area contributed by atoms with E-state index in [-0.39, 0.29) is 23.9 Å². The minimum atomic E-state index is -0.543. The Bertz CT molecular complexity index is 962. The molecule has 4 rings (SSSR count). The zero-order valence-electron chi connectivity index (χ0n) is 15.9. The normalized spacial score (nSPS) is 19.6. The number of carbonyl (C=O) groups is 1. The van der Waals surface area contributed by atoms with E-state index < -0.39 is 6.04 Å². The maximum absolute atomic E-state index is 13.4. The molecule has 0 spiro atoms. The molecule has 1 unspecified atom stereocenters. The lowest BCUT2D eigenvalue weighted by molar-refractivity contribution is -0.123. The van der Waals surface area contributed by atoms with Gasteiger partial charge in [-0.25, -0.2) is 4.39 Å². The third-order valence-corrected chi connectivity index (χ3v) is 4.51. The second-order valence-electron chi connectivity index (χ2n) is 7.67. The van der Waals surface area contributed by atoms with Gasteiger partial charge in [0.1, 0.15) is 18.1 Å². The number of amides is 1. The van der Waals surface area contributed by atoms with Gasteiger partial charge in [-0.2, -0.15) is 4.99 Å². The molecule has 0 aliphatic carbocycles. The highest BCUT2D eigenvalue weighted by molar-refractivity contribution is 6.19. The topological polar surface area (TPSA) is 69.5 Å². The molecule has 1 fully saturated rings. The summed E-state index contributed by atoms with van der Waals surface area (Å²) in [4.78, 5) is 23.2. The molecule has 1 aromatic heterocycles. The number of pyridine rings is 1. The van der Waals surface area contributed by atoms with Gasteiger partial charge < -0.3 is 4.74 Å². The van der Waals surface area contributed by atoms with Crippen LogP contribution in [-0.4, -0.2) is 35.1 Å². The number of nitrogens with zero attached hydrogens (tertiary/aromatic N) is 3. The first-order valence-electron chi connectivity index (χ1n) is 9.07.